The highest BCUT2D eigenvalue weighted by molar-refractivity contribution is 5.86. The minimum atomic E-state index is -0.627. The van der Waals surface area contributed by atoms with E-state index in [9.17, 15) is 9.90 Å². The Hall–Kier alpha value is -0.870. The molecule has 0 aliphatic carbocycles. The van der Waals surface area contributed by atoms with Crippen molar-refractivity contribution in [3.8, 4) is 0 Å². The Morgan fingerprint density at radius 2 is 2.00 bits per heavy atom. The molecule has 82 valence electrons. The van der Waals surface area contributed by atoms with Gasteiger partial charge in [-0.2, -0.15) is 0 Å². The molecular weight excluding hydrogens is 182 g/mol. The number of carbonyl (C=O) groups is 1. The van der Waals surface area contributed by atoms with Gasteiger partial charge in [0.2, 0.25) is 0 Å². The van der Waals surface area contributed by atoms with Crippen molar-refractivity contribution in [2.75, 3.05) is 34.3 Å². The predicted octanol–water partition coefficient (Wildman–Crippen LogP) is 0.173. The maximum atomic E-state index is 11.0. The number of rotatable bonds is 5. The highest BCUT2D eigenvalue weighted by atomic mass is 16.5. The summed E-state index contributed by atoms with van der Waals surface area (Å²) in [6.45, 7) is 5.60. The molecule has 0 aromatic heterocycles. The van der Waals surface area contributed by atoms with Gasteiger partial charge < -0.3 is 14.3 Å². The molecule has 0 aliphatic rings. The molecule has 0 radical (unpaired) electrons. The smallest absolute Gasteiger partial charge is 0.333 e. The minimum Gasteiger partial charge on any atom is -0.459 e. The molecule has 0 saturated carbocycles. The molecule has 0 spiro atoms. The topological polar surface area (TPSA) is 46.5 Å². The van der Waals surface area contributed by atoms with E-state index in [-0.39, 0.29) is 6.61 Å². The van der Waals surface area contributed by atoms with Gasteiger partial charge in [-0.15, -0.1) is 0 Å². The summed E-state index contributed by atoms with van der Waals surface area (Å²) < 4.78 is 5.44. The molecule has 0 heterocycles. The first-order valence-electron chi connectivity index (χ1n) is 4.53. The molecule has 1 N–H and O–H groups in total. The van der Waals surface area contributed by atoms with E-state index in [0.717, 1.165) is 0 Å². The van der Waals surface area contributed by atoms with Gasteiger partial charge >= 0.3 is 5.97 Å². The van der Waals surface area contributed by atoms with Crippen LogP contribution in [0, 0.1) is 0 Å². The summed E-state index contributed by atoms with van der Waals surface area (Å²) in [6.07, 6.45) is -0.627. The standard InChI is InChI=1S/C10H20NO3/c1-8(2)10(13)14-7-9(12)6-11(3,4)5/h9,12H,1,6-7H2,2-5H3/q+1. The van der Waals surface area contributed by atoms with E-state index in [4.69, 9.17) is 4.74 Å². The first-order chi connectivity index (χ1) is 6.22. The second kappa shape index (κ2) is 5.12. The van der Waals surface area contributed by atoms with Gasteiger partial charge in [0.05, 0.1) is 21.1 Å². The Kier molecular flexibility index (Phi) is 4.80. The average molecular weight is 202 g/mol. The van der Waals surface area contributed by atoms with E-state index in [0.29, 0.717) is 16.6 Å². The molecule has 1 unspecified atom stereocenters. The van der Waals surface area contributed by atoms with Crippen molar-refractivity contribution in [3.05, 3.63) is 12.2 Å². The van der Waals surface area contributed by atoms with Gasteiger partial charge in [0.15, 0.2) is 0 Å². The van der Waals surface area contributed by atoms with Gasteiger partial charge in [0.1, 0.15) is 19.3 Å². The van der Waals surface area contributed by atoms with E-state index >= 15 is 0 Å². The Labute approximate surface area is 85.4 Å². The fraction of sp³-hybridized carbons (Fsp3) is 0.700. The fourth-order valence-electron chi connectivity index (χ4n) is 0.980. The Balaban J connectivity index is 3.80. The molecule has 0 aromatic carbocycles. The van der Waals surface area contributed by atoms with Crippen molar-refractivity contribution < 1.29 is 19.1 Å². The van der Waals surface area contributed by atoms with Crippen LogP contribution in [0.15, 0.2) is 12.2 Å². The SMILES string of the molecule is C=C(C)C(=O)OCC(O)C[N+](C)(C)C. The molecule has 0 bridgehead atoms. The highest BCUT2D eigenvalue weighted by Crippen LogP contribution is 1.98. The van der Waals surface area contributed by atoms with Gasteiger partial charge in [-0.1, -0.05) is 6.58 Å². The Morgan fingerprint density at radius 1 is 1.50 bits per heavy atom. The van der Waals surface area contributed by atoms with Crippen LogP contribution >= 0.6 is 0 Å². The first kappa shape index (κ1) is 13.1. The monoisotopic (exact) mass is 202 g/mol. The molecule has 0 fully saturated rings. The lowest BCUT2D eigenvalue weighted by atomic mass is 10.3. The molecule has 4 nitrogen and oxygen atoms in total. The van der Waals surface area contributed by atoms with Gasteiger partial charge in [0.25, 0.3) is 0 Å². The summed E-state index contributed by atoms with van der Waals surface area (Å²) in [4.78, 5) is 11.0. The number of likely N-dealkylation sites (N-methyl/N-ethyl adjacent to an activating group) is 1. The van der Waals surface area contributed by atoms with Crippen LogP contribution in [-0.2, 0) is 9.53 Å². The zero-order valence-corrected chi connectivity index (χ0v) is 9.41. The van der Waals surface area contributed by atoms with E-state index in [2.05, 4.69) is 6.58 Å². The number of aliphatic hydroxyl groups excluding tert-OH is 1. The average Bonchev–Trinajstić information content (AvgIpc) is 1.96. The first-order valence-corrected chi connectivity index (χ1v) is 4.53. The molecule has 0 saturated heterocycles. The quantitative estimate of drug-likeness (QED) is 0.393. The van der Waals surface area contributed by atoms with Crippen molar-refractivity contribution in [2.45, 2.75) is 13.0 Å². The molecular formula is C10H20NO3+. The van der Waals surface area contributed by atoms with Crippen LogP contribution in [0.1, 0.15) is 6.92 Å². The second-order valence-electron chi connectivity index (χ2n) is 4.51. The van der Waals surface area contributed by atoms with Crippen LogP contribution < -0.4 is 0 Å². The van der Waals surface area contributed by atoms with E-state index in [1.54, 1.807) is 6.92 Å². The van der Waals surface area contributed by atoms with Crippen LogP contribution in [0.3, 0.4) is 0 Å². The second-order valence-corrected chi connectivity index (χ2v) is 4.51. The normalized spacial score (nSPS) is 13.5. The summed E-state index contributed by atoms with van der Waals surface area (Å²) in [6, 6.07) is 0. The Morgan fingerprint density at radius 3 is 2.36 bits per heavy atom. The summed E-state index contributed by atoms with van der Waals surface area (Å²) in [5, 5.41) is 9.49. The van der Waals surface area contributed by atoms with Crippen molar-refractivity contribution in [1.29, 1.82) is 0 Å². The third-order valence-electron chi connectivity index (χ3n) is 1.51. The number of carbonyl (C=O) groups excluding carboxylic acids is 1. The maximum Gasteiger partial charge on any atom is 0.333 e. The van der Waals surface area contributed by atoms with Crippen LogP contribution in [-0.4, -0.2) is 56.0 Å². The highest BCUT2D eigenvalue weighted by Gasteiger charge is 2.17. The summed E-state index contributed by atoms with van der Waals surface area (Å²) in [7, 11) is 5.89. The zero-order valence-electron chi connectivity index (χ0n) is 9.41. The van der Waals surface area contributed by atoms with E-state index < -0.39 is 12.1 Å². The number of aliphatic hydroxyl groups is 1. The molecule has 4 heteroatoms. The third-order valence-corrected chi connectivity index (χ3v) is 1.51. The van der Waals surface area contributed by atoms with Crippen molar-refractivity contribution in [3.63, 3.8) is 0 Å². The van der Waals surface area contributed by atoms with Gasteiger partial charge in [-0.05, 0) is 6.92 Å². The van der Waals surface area contributed by atoms with Gasteiger partial charge in [-0.25, -0.2) is 4.79 Å². The lowest BCUT2D eigenvalue weighted by Gasteiger charge is -2.26. The predicted molar refractivity (Wildman–Crippen MR) is 54.7 cm³/mol. The van der Waals surface area contributed by atoms with Gasteiger partial charge in [0, 0.05) is 5.57 Å². The molecule has 0 aromatic rings. The van der Waals surface area contributed by atoms with Gasteiger partial charge in [-0.3, -0.25) is 0 Å². The number of ether oxygens (including phenoxy) is 1. The lowest BCUT2D eigenvalue weighted by molar-refractivity contribution is -0.873. The minimum absolute atomic E-state index is 0.0290. The van der Waals surface area contributed by atoms with Crippen molar-refractivity contribution in [2.24, 2.45) is 0 Å². The summed E-state index contributed by atoms with van der Waals surface area (Å²) >= 11 is 0. The zero-order chi connectivity index (χ0) is 11.4. The molecule has 0 aliphatic heterocycles. The molecule has 0 rings (SSSR count). The number of esters is 1. The van der Waals surface area contributed by atoms with Crippen LogP contribution in [0.2, 0.25) is 0 Å². The third kappa shape index (κ3) is 6.62. The van der Waals surface area contributed by atoms with E-state index in [1.807, 2.05) is 21.1 Å². The number of hydrogen-bond donors (Lipinski definition) is 1. The summed E-state index contributed by atoms with van der Waals surface area (Å²) in [5.74, 6) is -0.453. The number of hydrogen-bond acceptors (Lipinski definition) is 3. The fourth-order valence-corrected chi connectivity index (χ4v) is 0.980. The largest absolute Gasteiger partial charge is 0.459 e. The van der Waals surface area contributed by atoms with Crippen LogP contribution in [0.25, 0.3) is 0 Å². The molecule has 0 amide bonds. The number of nitrogens with zero attached hydrogens (tertiary/aromatic N) is 1. The van der Waals surface area contributed by atoms with Crippen molar-refractivity contribution in [1.82, 2.24) is 0 Å². The molecule has 1 atom stereocenters. The molecule has 14 heavy (non-hydrogen) atoms. The van der Waals surface area contributed by atoms with Crippen LogP contribution in [0.5, 0.6) is 0 Å². The summed E-state index contributed by atoms with van der Waals surface area (Å²) in [5.41, 5.74) is 0.349. The lowest BCUT2D eigenvalue weighted by Crippen LogP contribution is -2.43. The maximum absolute atomic E-state index is 11.0. The van der Waals surface area contributed by atoms with Crippen molar-refractivity contribution >= 4 is 5.97 Å². The van der Waals surface area contributed by atoms with Crippen LogP contribution in [0.4, 0.5) is 0 Å². The Bertz CT molecular complexity index is 218. The van der Waals surface area contributed by atoms with E-state index in [1.165, 1.54) is 0 Å². The number of quaternary nitrogens is 1.